The Morgan fingerprint density at radius 2 is 1.87 bits per heavy atom. The number of anilines is 1. The van der Waals surface area contributed by atoms with Crippen molar-refractivity contribution in [2.24, 2.45) is 0 Å². The number of amides is 1. The van der Waals surface area contributed by atoms with Gasteiger partial charge in [-0.2, -0.15) is 0 Å². The minimum Gasteiger partial charge on any atom is -0.321 e. The van der Waals surface area contributed by atoms with E-state index in [1.54, 1.807) is 34.9 Å². The molecule has 0 radical (unpaired) electrons. The Hall–Kier alpha value is -2.67. The summed E-state index contributed by atoms with van der Waals surface area (Å²) in [7, 11) is -3.48. The van der Waals surface area contributed by atoms with Gasteiger partial charge in [0.25, 0.3) is 5.91 Å². The van der Waals surface area contributed by atoms with Crippen molar-refractivity contribution in [1.82, 2.24) is 9.38 Å². The van der Waals surface area contributed by atoms with E-state index >= 15 is 0 Å². The summed E-state index contributed by atoms with van der Waals surface area (Å²) in [5.41, 5.74) is 2.33. The third kappa shape index (κ3) is 3.09. The van der Waals surface area contributed by atoms with Gasteiger partial charge in [0.1, 0.15) is 5.65 Å². The fourth-order valence-electron chi connectivity index (χ4n) is 2.37. The number of nitrogens with one attached hydrogen (secondary N) is 1. The Bertz CT molecular complexity index is 1010. The molecule has 1 aromatic carbocycles. The molecule has 0 bridgehead atoms. The van der Waals surface area contributed by atoms with Crippen molar-refractivity contribution in [3.63, 3.8) is 0 Å². The SMILES string of the molecule is Cc1cn2cc(NC(=O)c3ccccc3S(C)(=O)=O)ccc2n1. The molecule has 3 rings (SSSR count). The van der Waals surface area contributed by atoms with Crippen molar-refractivity contribution in [3.05, 3.63) is 60.0 Å². The van der Waals surface area contributed by atoms with Gasteiger partial charge in [-0.3, -0.25) is 4.79 Å². The molecule has 0 saturated carbocycles. The van der Waals surface area contributed by atoms with Crippen molar-refractivity contribution >= 4 is 27.1 Å². The molecular formula is C16H15N3O3S. The maximum absolute atomic E-state index is 12.4. The second-order valence-electron chi connectivity index (χ2n) is 5.29. The van der Waals surface area contributed by atoms with Gasteiger partial charge in [0.15, 0.2) is 9.84 Å². The molecule has 0 fully saturated rings. The lowest BCUT2D eigenvalue weighted by atomic mass is 10.2. The van der Waals surface area contributed by atoms with Crippen molar-refractivity contribution in [2.75, 3.05) is 11.6 Å². The topological polar surface area (TPSA) is 80.5 Å². The minimum absolute atomic E-state index is 0.0112. The first-order valence-corrected chi connectivity index (χ1v) is 8.79. The summed E-state index contributed by atoms with van der Waals surface area (Å²) in [5, 5.41) is 2.72. The number of aryl methyl sites for hydroxylation is 1. The summed E-state index contributed by atoms with van der Waals surface area (Å²) in [4.78, 5) is 16.7. The molecule has 7 heteroatoms. The van der Waals surface area contributed by atoms with Crippen molar-refractivity contribution < 1.29 is 13.2 Å². The minimum atomic E-state index is -3.48. The molecule has 0 spiro atoms. The lowest BCUT2D eigenvalue weighted by Gasteiger charge is -2.09. The lowest BCUT2D eigenvalue weighted by molar-refractivity contribution is 0.102. The van der Waals surface area contributed by atoms with Crippen molar-refractivity contribution in [1.29, 1.82) is 0 Å². The van der Waals surface area contributed by atoms with Gasteiger partial charge in [0.05, 0.1) is 21.8 Å². The molecule has 118 valence electrons. The van der Waals surface area contributed by atoms with Gasteiger partial charge in [-0.25, -0.2) is 13.4 Å². The summed E-state index contributed by atoms with van der Waals surface area (Å²) in [6, 6.07) is 9.64. The van der Waals surface area contributed by atoms with Crippen LogP contribution in [0.1, 0.15) is 16.1 Å². The highest BCUT2D eigenvalue weighted by Crippen LogP contribution is 2.18. The maximum Gasteiger partial charge on any atom is 0.257 e. The van der Waals surface area contributed by atoms with Crippen LogP contribution < -0.4 is 5.32 Å². The summed E-state index contributed by atoms with van der Waals surface area (Å²) in [6.45, 7) is 1.88. The van der Waals surface area contributed by atoms with Crippen LogP contribution >= 0.6 is 0 Å². The van der Waals surface area contributed by atoms with Crippen LogP contribution in [-0.4, -0.2) is 30.0 Å². The van der Waals surface area contributed by atoms with Gasteiger partial charge in [-0.1, -0.05) is 12.1 Å². The summed E-state index contributed by atoms with van der Waals surface area (Å²) < 4.78 is 25.4. The van der Waals surface area contributed by atoms with Crippen LogP contribution in [0, 0.1) is 6.92 Å². The number of fused-ring (bicyclic) bond motifs is 1. The molecule has 3 aromatic rings. The Kier molecular flexibility index (Phi) is 3.65. The normalized spacial score (nSPS) is 11.6. The molecule has 0 aliphatic carbocycles. The van der Waals surface area contributed by atoms with Crippen LogP contribution in [0.15, 0.2) is 53.7 Å². The van der Waals surface area contributed by atoms with E-state index in [2.05, 4.69) is 10.3 Å². The second-order valence-corrected chi connectivity index (χ2v) is 7.27. The van der Waals surface area contributed by atoms with E-state index < -0.39 is 15.7 Å². The molecule has 0 saturated heterocycles. The zero-order valence-corrected chi connectivity index (χ0v) is 13.5. The molecule has 2 heterocycles. The molecule has 0 aliphatic rings. The van der Waals surface area contributed by atoms with E-state index in [0.717, 1.165) is 17.6 Å². The molecule has 23 heavy (non-hydrogen) atoms. The van der Waals surface area contributed by atoms with Gasteiger partial charge in [-0.15, -0.1) is 0 Å². The molecule has 0 atom stereocenters. The van der Waals surface area contributed by atoms with Gasteiger partial charge in [0, 0.05) is 18.6 Å². The number of pyridine rings is 1. The maximum atomic E-state index is 12.4. The zero-order chi connectivity index (χ0) is 16.6. The van der Waals surface area contributed by atoms with Crippen molar-refractivity contribution in [3.8, 4) is 0 Å². The van der Waals surface area contributed by atoms with Gasteiger partial charge < -0.3 is 9.72 Å². The van der Waals surface area contributed by atoms with E-state index in [1.165, 1.54) is 12.1 Å². The number of nitrogens with zero attached hydrogens (tertiary/aromatic N) is 2. The molecule has 1 N–H and O–H groups in total. The van der Waals surface area contributed by atoms with Crippen LogP contribution in [0.4, 0.5) is 5.69 Å². The Morgan fingerprint density at radius 3 is 2.61 bits per heavy atom. The summed E-state index contributed by atoms with van der Waals surface area (Å²) in [5.74, 6) is -0.470. The van der Waals surface area contributed by atoms with Gasteiger partial charge >= 0.3 is 0 Å². The number of carbonyl (C=O) groups excluding carboxylic acids is 1. The number of hydrogen-bond donors (Lipinski definition) is 1. The monoisotopic (exact) mass is 329 g/mol. The molecular weight excluding hydrogens is 314 g/mol. The standard InChI is InChI=1S/C16H15N3O3S/c1-11-9-19-10-12(7-8-15(19)17-11)18-16(20)13-5-3-4-6-14(13)23(2,21)22/h3-10H,1-2H3,(H,18,20). The van der Waals surface area contributed by atoms with Crippen LogP contribution in [0.3, 0.4) is 0 Å². The van der Waals surface area contributed by atoms with Crippen LogP contribution in [-0.2, 0) is 9.84 Å². The fraction of sp³-hybridized carbons (Fsp3) is 0.125. The number of hydrogen-bond acceptors (Lipinski definition) is 4. The first kappa shape index (κ1) is 15.2. The molecule has 6 nitrogen and oxygen atoms in total. The van der Waals surface area contributed by atoms with E-state index in [0.29, 0.717) is 5.69 Å². The van der Waals surface area contributed by atoms with Gasteiger partial charge in [-0.05, 0) is 31.2 Å². The Labute approximate surface area is 133 Å². The quantitative estimate of drug-likeness (QED) is 0.799. The lowest BCUT2D eigenvalue weighted by Crippen LogP contribution is -2.16. The average Bonchev–Trinajstić information content (AvgIpc) is 2.85. The van der Waals surface area contributed by atoms with E-state index in [4.69, 9.17) is 0 Å². The number of imidazole rings is 1. The zero-order valence-electron chi connectivity index (χ0n) is 12.6. The molecule has 0 unspecified atom stereocenters. The Balaban J connectivity index is 1.95. The highest BCUT2D eigenvalue weighted by atomic mass is 32.2. The van der Waals surface area contributed by atoms with Crippen LogP contribution in [0.2, 0.25) is 0 Å². The summed E-state index contributed by atoms with van der Waals surface area (Å²) in [6.07, 6.45) is 4.66. The molecule has 2 aromatic heterocycles. The van der Waals surface area contributed by atoms with Crippen LogP contribution in [0.25, 0.3) is 5.65 Å². The predicted molar refractivity (Wildman–Crippen MR) is 87.4 cm³/mol. The van der Waals surface area contributed by atoms with Crippen molar-refractivity contribution in [2.45, 2.75) is 11.8 Å². The molecule has 1 amide bonds. The van der Waals surface area contributed by atoms with E-state index in [9.17, 15) is 13.2 Å². The van der Waals surface area contributed by atoms with Crippen LogP contribution in [0.5, 0.6) is 0 Å². The molecule has 0 aliphatic heterocycles. The first-order valence-electron chi connectivity index (χ1n) is 6.90. The number of sulfone groups is 1. The largest absolute Gasteiger partial charge is 0.321 e. The van der Waals surface area contributed by atoms with E-state index in [1.807, 2.05) is 13.1 Å². The number of aromatic nitrogens is 2. The summed E-state index contributed by atoms with van der Waals surface area (Å²) >= 11 is 0. The first-order chi connectivity index (χ1) is 10.8. The second kappa shape index (κ2) is 5.51. The predicted octanol–water partition coefficient (Wildman–Crippen LogP) is 2.30. The highest BCUT2D eigenvalue weighted by Gasteiger charge is 2.18. The number of rotatable bonds is 3. The van der Waals surface area contributed by atoms with Gasteiger partial charge in [0.2, 0.25) is 0 Å². The highest BCUT2D eigenvalue weighted by molar-refractivity contribution is 7.90. The third-order valence-corrected chi connectivity index (χ3v) is 4.52. The van der Waals surface area contributed by atoms with E-state index in [-0.39, 0.29) is 10.5 Å². The average molecular weight is 329 g/mol. The number of benzene rings is 1. The fourth-order valence-corrected chi connectivity index (χ4v) is 3.25. The number of carbonyl (C=O) groups is 1. The third-order valence-electron chi connectivity index (χ3n) is 3.36. The Morgan fingerprint density at radius 1 is 1.13 bits per heavy atom. The smallest absolute Gasteiger partial charge is 0.257 e.